The highest BCUT2D eigenvalue weighted by Crippen LogP contribution is 2.21. The number of esters is 1. The van der Waals surface area contributed by atoms with Crippen molar-refractivity contribution >= 4 is 5.97 Å². The smallest absolute Gasteiger partial charge is 0.306 e. The maximum absolute atomic E-state index is 11.7. The summed E-state index contributed by atoms with van der Waals surface area (Å²) in [6.45, 7) is 4.90. The van der Waals surface area contributed by atoms with E-state index >= 15 is 0 Å². The van der Waals surface area contributed by atoms with Crippen LogP contribution in [0.1, 0.15) is 40.0 Å². The van der Waals surface area contributed by atoms with Gasteiger partial charge in [-0.2, -0.15) is 0 Å². The molecule has 0 saturated carbocycles. The van der Waals surface area contributed by atoms with Gasteiger partial charge in [-0.3, -0.25) is 4.79 Å². The van der Waals surface area contributed by atoms with E-state index < -0.39 is 17.8 Å². The van der Waals surface area contributed by atoms with Crippen molar-refractivity contribution in [3.8, 4) is 11.5 Å². The minimum Gasteiger partial charge on any atom is -0.497 e. The van der Waals surface area contributed by atoms with E-state index in [4.69, 9.17) is 14.2 Å². The average molecular weight is 340 g/mol. The van der Waals surface area contributed by atoms with Crippen LogP contribution in [0.25, 0.3) is 0 Å². The molecule has 0 aliphatic carbocycles. The molecule has 1 unspecified atom stereocenters. The van der Waals surface area contributed by atoms with Crippen LogP contribution in [0.4, 0.5) is 0 Å². The highest BCUT2D eigenvalue weighted by molar-refractivity contribution is 5.69. The molecule has 1 atom stereocenters. The molecule has 0 radical (unpaired) electrons. The first-order chi connectivity index (χ1) is 11.2. The molecule has 6 nitrogen and oxygen atoms in total. The fourth-order valence-electron chi connectivity index (χ4n) is 2.04. The van der Waals surface area contributed by atoms with Gasteiger partial charge in [0.15, 0.2) is 0 Å². The van der Waals surface area contributed by atoms with E-state index in [0.29, 0.717) is 17.9 Å². The molecule has 0 saturated heterocycles. The Kier molecular flexibility index (Phi) is 7.51. The first kappa shape index (κ1) is 20.3. The fourth-order valence-corrected chi connectivity index (χ4v) is 2.04. The Bertz CT molecular complexity index is 505. The van der Waals surface area contributed by atoms with E-state index in [1.165, 1.54) is 0 Å². The summed E-state index contributed by atoms with van der Waals surface area (Å²) in [5, 5.41) is 19.8. The van der Waals surface area contributed by atoms with E-state index in [2.05, 4.69) is 0 Å². The van der Waals surface area contributed by atoms with Crippen LogP contribution in [0.5, 0.6) is 11.5 Å². The topological polar surface area (TPSA) is 85.2 Å². The number of carbonyl (C=O) groups excluding carboxylic acids is 1. The van der Waals surface area contributed by atoms with Crippen molar-refractivity contribution in [3.63, 3.8) is 0 Å². The Morgan fingerprint density at radius 1 is 1.12 bits per heavy atom. The van der Waals surface area contributed by atoms with Crippen LogP contribution < -0.4 is 9.47 Å². The predicted molar refractivity (Wildman–Crippen MR) is 90.2 cm³/mol. The SMILES string of the molecule is COc1ccc(OCC(O)(CO)CCCC(=O)OC(C)(C)C)cc1. The van der Waals surface area contributed by atoms with Gasteiger partial charge in [-0.15, -0.1) is 0 Å². The summed E-state index contributed by atoms with van der Waals surface area (Å²) in [7, 11) is 1.57. The summed E-state index contributed by atoms with van der Waals surface area (Å²) in [6, 6.07) is 6.93. The number of hydrogen-bond acceptors (Lipinski definition) is 6. The van der Waals surface area contributed by atoms with Crippen LogP contribution in [0.15, 0.2) is 24.3 Å². The van der Waals surface area contributed by atoms with Crippen LogP contribution in [-0.4, -0.2) is 47.7 Å². The first-order valence-electron chi connectivity index (χ1n) is 7.99. The van der Waals surface area contributed by atoms with Crippen molar-refractivity contribution in [1.82, 2.24) is 0 Å². The molecule has 0 aromatic heterocycles. The van der Waals surface area contributed by atoms with Gasteiger partial charge in [0.05, 0.1) is 13.7 Å². The summed E-state index contributed by atoms with van der Waals surface area (Å²) < 4.78 is 15.8. The van der Waals surface area contributed by atoms with Crippen molar-refractivity contribution in [2.75, 3.05) is 20.3 Å². The third-order valence-electron chi connectivity index (χ3n) is 3.30. The normalized spacial score (nSPS) is 13.9. The molecule has 0 heterocycles. The summed E-state index contributed by atoms with van der Waals surface area (Å²) in [6.07, 6.45) is 0.818. The van der Waals surface area contributed by atoms with Gasteiger partial charge in [0.1, 0.15) is 29.3 Å². The lowest BCUT2D eigenvalue weighted by Gasteiger charge is -2.26. The second kappa shape index (κ2) is 8.89. The lowest BCUT2D eigenvalue weighted by Crippen LogP contribution is -2.40. The molecule has 2 N–H and O–H groups in total. The molecule has 1 aromatic carbocycles. The number of aliphatic hydroxyl groups is 2. The Hall–Kier alpha value is -1.79. The molecule has 0 aliphatic rings. The zero-order valence-electron chi connectivity index (χ0n) is 14.9. The van der Waals surface area contributed by atoms with Gasteiger partial charge >= 0.3 is 5.97 Å². The molecule has 24 heavy (non-hydrogen) atoms. The minimum atomic E-state index is -1.40. The Labute approximate surface area is 143 Å². The van der Waals surface area contributed by atoms with Gasteiger partial charge in [-0.25, -0.2) is 0 Å². The largest absolute Gasteiger partial charge is 0.497 e. The Morgan fingerprint density at radius 2 is 1.71 bits per heavy atom. The number of rotatable bonds is 9. The molecular formula is C18H28O6. The van der Waals surface area contributed by atoms with E-state index in [9.17, 15) is 15.0 Å². The molecule has 1 aromatic rings. The summed E-state index contributed by atoms with van der Waals surface area (Å²) >= 11 is 0. The van der Waals surface area contributed by atoms with Crippen LogP contribution in [-0.2, 0) is 9.53 Å². The van der Waals surface area contributed by atoms with Crippen LogP contribution in [0.2, 0.25) is 0 Å². The van der Waals surface area contributed by atoms with Gasteiger partial charge in [-0.05, 0) is 57.9 Å². The maximum atomic E-state index is 11.7. The van der Waals surface area contributed by atoms with E-state index in [1.54, 1.807) is 52.1 Å². The predicted octanol–water partition coefficient (Wildman–Crippen LogP) is 2.31. The van der Waals surface area contributed by atoms with Gasteiger partial charge < -0.3 is 24.4 Å². The van der Waals surface area contributed by atoms with Gasteiger partial charge in [0.2, 0.25) is 0 Å². The standard InChI is InChI=1S/C18H28O6/c1-17(2,3)24-16(20)6-5-11-18(21,12-19)13-23-15-9-7-14(22-4)8-10-15/h7-10,19,21H,5-6,11-13H2,1-4H3. The zero-order chi connectivity index (χ0) is 18.2. The van der Waals surface area contributed by atoms with Gasteiger partial charge in [0.25, 0.3) is 0 Å². The highest BCUT2D eigenvalue weighted by atomic mass is 16.6. The van der Waals surface area contributed by atoms with Crippen molar-refractivity contribution in [2.24, 2.45) is 0 Å². The zero-order valence-corrected chi connectivity index (χ0v) is 14.9. The monoisotopic (exact) mass is 340 g/mol. The average Bonchev–Trinajstić information content (AvgIpc) is 2.51. The number of carbonyl (C=O) groups is 1. The lowest BCUT2D eigenvalue weighted by atomic mass is 9.98. The number of aliphatic hydroxyl groups excluding tert-OH is 1. The molecule has 6 heteroatoms. The quantitative estimate of drug-likeness (QED) is 0.671. The molecular weight excluding hydrogens is 312 g/mol. The Morgan fingerprint density at radius 3 is 2.21 bits per heavy atom. The first-order valence-corrected chi connectivity index (χ1v) is 7.99. The van der Waals surface area contributed by atoms with E-state index in [-0.39, 0.29) is 25.4 Å². The Balaban J connectivity index is 2.43. The van der Waals surface area contributed by atoms with Gasteiger partial charge in [-0.1, -0.05) is 0 Å². The van der Waals surface area contributed by atoms with Crippen molar-refractivity contribution < 1.29 is 29.2 Å². The van der Waals surface area contributed by atoms with E-state index in [0.717, 1.165) is 0 Å². The summed E-state index contributed by atoms with van der Waals surface area (Å²) in [5.41, 5.74) is -1.93. The summed E-state index contributed by atoms with van der Waals surface area (Å²) in [5.74, 6) is 0.950. The van der Waals surface area contributed by atoms with Crippen molar-refractivity contribution in [3.05, 3.63) is 24.3 Å². The molecule has 0 bridgehead atoms. The molecule has 0 fully saturated rings. The highest BCUT2D eigenvalue weighted by Gasteiger charge is 2.27. The maximum Gasteiger partial charge on any atom is 0.306 e. The van der Waals surface area contributed by atoms with Gasteiger partial charge in [0, 0.05) is 6.42 Å². The van der Waals surface area contributed by atoms with Crippen LogP contribution >= 0.6 is 0 Å². The number of benzene rings is 1. The second-order valence-electron chi connectivity index (χ2n) is 6.79. The number of hydrogen-bond donors (Lipinski definition) is 2. The van der Waals surface area contributed by atoms with Crippen LogP contribution in [0.3, 0.4) is 0 Å². The molecule has 1 rings (SSSR count). The third-order valence-corrected chi connectivity index (χ3v) is 3.30. The minimum absolute atomic E-state index is 0.0653. The number of ether oxygens (including phenoxy) is 3. The lowest BCUT2D eigenvalue weighted by molar-refractivity contribution is -0.155. The van der Waals surface area contributed by atoms with Crippen molar-refractivity contribution in [2.45, 2.75) is 51.2 Å². The molecule has 0 aliphatic heterocycles. The molecule has 0 spiro atoms. The molecule has 136 valence electrons. The van der Waals surface area contributed by atoms with E-state index in [1.807, 2.05) is 0 Å². The molecule has 0 amide bonds. The second-order valence-corrected chi connectivity index (χ2v) is 6.79. The summed E-state index contributed by atoms with van der Waals surface area (Å²) in [4.78, 5) is 11.7. The van der Waals surface area contributed by atoms with Crippen molar-refractivity contribution in [1.29, 1.82) is 0 Å². The third kappa shape index (κ3) is 7.66. The fraction of sp³-hybridized carbons (Fsp3) is 0.611. The number of methoxy groups -OCH3 is 1. The van der Waals surface area contributed by atoms with Crippen LogP contribution in [0, 0.1) is 0 Å².